The molecule has 1 aromatic rings. The van der Waals surface area contributed by atoms with E-state index in [0.717, 1.165) is 44.0 Å². The standard InChI is InChI=1S/C19H31ClN2O/c1-19(2,15-23)10-5-11-21-17-8-12-22(13-9-17)14-16-6-3-4-7-18(16)20/h3-4,6-7,17,21,23H,5,8-15H2,1-2H3. The van der Waals surface area contributed by atoms with E-state index in [1.54, 1.807) is 0 Å². The number of aliphatic hydroxyl groups is 1. The first-order chi connectivity index (χ1) is 11.0. The van der Waals surface area contributed by atoms with Crippen molar-refractivity contribution in [3.8, 4) is 0 Å². The van der Waals surface area contributed by atoms with Gasteiger partial charge in [0, 0.05) is 24.2 Å². The summed E-state index contributed by atoms with van der Waals surface area (Å²) in [6.45, 7) is 8.79. The molecule has 0 amide bonds. The summed E-state index contributed by atoms with van der Waals surface area (Å²) < 4.78 is 0. The topological polar surface area (TPSA) is 35.5 Å². The lowest BCUT2D eigenvalue weighted by Crippen LogP contribution is -2.42. The molecule has 0 bridgehead atoms. The number of benzene rings is 1. The molecule has 2 rings (SSSR count). The lowest BCUT2D eigenvalue weighted by Gasteiger charge is -2.33. The molecule has 0 unspecified atom stereocenters. The molecule has 1 saturated heterocycles. The Kier molecular flexibility index (Phi) is 7.35. The van der Waals surface area contributed by atoms with Crippen LogP contribution >= 0.6 is 11.6 Å². The van der Waals surface area contributed by atoms with E-state index in [1.807, 2.05) is 12.1 Å². The number of nitrogens with zero attached hydrogens (tertiary/aromatic N) is 1. The van der Waals surface area contributed by atoms with Gasteiger partial charge in [0.05, 0.1) is 0 Å². The van der Waals surface area contributed by atoms with Gasteiger partial charge in [0.2, 0.25) is 0 Å². The molecule has 0 spiro atoms. The smallest absolute Gasteiger partial charge is 0.0482 e. The van der Waals surface area contributed by atoms with E-state index in [1.165, 1.54) is 18.4 Å². The number of nitrogens with one attached hydrogen (secondary N) is 1. The van der Waals surface area contributed by atoms with Crippen LogP contribution in [0.3, 0.4) is 0 Å². The van der Waals surface area contributed by atoms with Gasteiger partial charge in [0.15, 0.2) is 0 Å². The van der Waals surface area contributed by atoms with Gasteiger partial charge in [-0.2, -0.15) is 0 Å². The minimum atomic E-state index is 0.0556. The molecule has 0 radical (unpaired) electrons. The molecule has 0 atom stereocenters. The van der Waals surface area contributed by atoms with Gasteiger partial charge < -0.3 is 10.4 Å². The first-order valence-electron chi connectivity index (χ1n) is 8.80. The maximum Gasteiger partial charge on any atom is 0.0482 e. The van der Waals surface area contributed by atoms with Crippen molar-refractivity contribution in [2.24, 2.45) is 5.41 Å². The summed E-state index contributed by atoms with van der Waals surface area (Å²) in [4.78, 5) is 2.49. The van der Waals surface area contributed by atoms with Crippen LogP contribution in [-0.2, 0) is 6.54 Å². The van der Waals surface area contributed by atoms with Gasteiger partial charge in [-0.3, -0.25) is 4.90 Å². The van der Waals surface area contributed by atoms with E-state index in [2.05, 4.69) is 36.2 Å². The molecule has 2 N–H and O–H groups in total. The van der Waals surface area contributed by atoms with Gasteiger partial charge >= 0.3 is 0 Å². The minimum Gasteiger partial charge on any atom is -0.396 e. The SMILES string of the molecule is CC(C)(CO)CCCNC1CCN(Cc2ccccc2Cl)CC1. The van der Waals surface area contributed by atoms with E-state index >= 15 is 0 Å². The Labute approximate surface area is 146 Å². The molecule has 0 aromatic heterocycles. The lowest BCUT2D eigenvalue weighted by molar-refractivity contribution is 0.146. The highest BCUT2D eigenvalue weighted by Gasteiger charge is 2.20. The Morgan fingerprint density at radius 3 is 2.61 bits per heavy atom. The van der Waals surface area contributed by atoms with Crippen molar-refractivity contribution in [3.05, 3.63) is 34.9 Å². The van der Waals surface area contributed by atoms with Crippen molar-refractivity contribution in [1.82, 2.24) is 10.2 Å². The molecule has 1 aliphatic heterocycles. The Bertz CT molecular complexity index is 470. The van der Waals surface area contributed by atoms with Gasteiger partial charge in [-0.25, -0.2) is 0 Å². The van der Waals surface area contributed by atoms with E-state index in [4.69, 9.17) is 11.6 Å². The van der Waals surface area contributed by atoms with Crippen molar-refractivity contribution in [3.63, 3.8) is 0 Å². The molecule has 1 fully saturated rings. The normalized spacial score (nSPS) is 17.6. The van der Waals surface area contributed by atoms with Crippen molar-refractivity contribution in [1.29, 1.82) is 0 Å². The van der Waals surface area contributed by atoms with Gasteiger partial charge in [0.25, 0.3) is 0 Å². The summed E-state index contributed by atoms with van der Waals surface area (Å²) >= 11 is 6.25. The highest BCUT2D eigenvalue weighted by molar-refractivity contribution is 6.31. The maximum atomic E-state index is 9.28. The van der Waals surface area contributed by atoms with Crippen LogP contribution in [0.25, 0.3) is 0 Å². The van der Waals surface area contributed by atoms with Crippen molar-refractivity contribution in [2.45, 2.75) is 52.1 Å². The van der Waals surface area contributed by atoms with E-state index in [9.17, 15) is 5.11 Å². The van der Waals surface area contributed by atoms with Crippen LogP contribution in [0.1, 0.15) is 45.1 Å². The van der Waals surface area contributed by atoms with E-state index < -0.39 is 0 Å². The molecule has 0 saturated carbocycles. The number of aliphatic hydroxyl groups excluding tert-OH is 1. The molecule has 130 valence electrons. The quantitative estimate of drug-likeness (QED) is 0.709. The molecule has 1 aromatic carbocycles. The molecule has 0 aliphatic carbocycles. The van der Waals surface area contributed by atoms with Gasteiger partial charge in [-0.05, 0) is 62.4 Å². The Morgan fingerprint density at radius 2 is 1.96 bits per heavy atom. The summed E-state index contributed by atoms with van der Waals surface area (Å²) in [6.07, 6.45) is 4.61. The number of hydrogen-bond donors (Lipinski definition) is 2. The highest BCUT2D eigenvalue weighted by atomic mass is 35.5. The third kappa shape index (κ3) is 6.42. The minimum absolute atomic E-state index is 0.0556. The maximum absolute atomic E-state index is 9.28. The number of piperidine rings is 1. The van der Waals surface area contributed by atoms with Crippen LogP contribution in [-0.4, -0.2) is 42.3 Å². The number of rotatable bonds is 8. The molecular weight excluding hydrogens is 308 g/mol. The summed E-state index contributed by atoms with van der Waals surface area (Å²) in [5.41, 5.74) is 1.28. The molecule has 23 heavy (non-hydrogen) atoms. The van der Waals surface area contributed by atoms with Gasteiger partial charge in [-0.1, -0.05) is 43.6 Å². The second kappa shape index (κ2) is 9.03. The van der Waals surface area contributed by atoms with Crippen LogP contribution in [0.4, 0.5) is 0 Å². The lowest BCUT2D eigenvalue weighted by atomic mass is 9.89. The summed E-state index contributed by atoms with van der Waals surface area (Å²) in [6, 6.07) is 8.77. The van der Waals surface area contributed by atoms with Crippen LogP contribution < -0.4 is 5.32 Å². The Balaban J connectivity index is 1.63. The number of likely N-dealkylation sites (tertiary alicyclic amines) is 1. The fraction of sp³-hybridized carbons (Fsp3) is 0.684. The molecule has 1 aliphatic rings. The fourth-order valence-corrected chi connectivity index (χ4v) is 3.31. The Morgan fingerprint density at radius 1 is 1.26 bits per heavy atom. The monoisotopic (exact) mass is 338 g/mol. The average Bonchev–Trinajstić information content (AvgIpc) is 2.55. The van der Waals surface area contributed by atoms with Crippen molar-refractivity contribution >= 4 is 11.6 Å². The summed E-state index contributed by atoms with van der Waals surface area (Å²) in [5.74, 6) is 0. The zero-order chi connectivity index (χ0) is 16.7. The summed E-state index contributed by atoms with van der Waals surface area (Å²) in [7, 11) is 0. The van der Waals surface area contributed by atoms with Gasteiger partial charge in [-0.15, -0.1) is 0 Å². The van der Waals surface area contributed by atoms with Gasteiger partial charge in [0.1, 0.15) is 0 Å². The average molecular weight is 339 g/mol. The fourth-order valence-electron chi connectivity index (χ4n) is 3.11. The number of hydrogen-bond acceptors (Lipinski definition) is 3. The highest BCUT2D eigenvalue weighted by Crippen LogP contribution is 2.21. The van der Waals surface area contributed by atoms with E-state index in [0.29, 0.717) is 6.04 Å². The first-order valence-corrected chi connectivity index (χ1v) is 9.18. The number of halogens is 1. The largest absolute Gasteiger partial charge is 0.396 e. The van der Waals surface area contributed by atoms with Crippen molar-refractivity contribution in [2.75, 3.05) is 26.2 Å². The van der Waals surface area contributed by atoms with Crippen LogP contribution in [0, 0.1) is 5.41 Å². The predicted molar refractivity (Wildman–Crippen MR) is 97.9 cm³/mol. The van der Waals surface area contributed by atoms with Crippen LogP contribution in [0.2, 0.25) is 5.02 Å². The molecule has 4 heteroatoms. The molecule has 3 nitrogen and oxygen atoms in total. The second-order valence-corrected chi connectivity index (χ2v) is 7.93. The third-order valence-corrected chi connectivity index (χ3v) is 5.20. The second-order valence-electron chi connectivity index (χ2n) is 7.52. The van der Waals surface area contributed by atoms with E-state index in [-0.39, 0.29) is 12.0 Å². The van der Waals surface area contributed by atoms with Crippen LogP contribution in [0.5, 0.6) is 0 Å². The van der Waals surface area contributed by atoms with Crippen molar-refractivity contribution < 1.29 is 5.11 Å². The first kappa shape index (κ1) is 18.7. The molecular formula is C19H31ClN2O. The predicted octanol–water partition coefficient (Wildman–Crippen LogP) is 3.69. The Hall–Kier alpha value is -0.610. The zero-order valence-corrected chi connectivity index (χ0v) is 15.3. The molecule has 1 heterocycles. The zero-order valence-electron chi connectivity index (χ0n) is 14.5. The third-order valence-electron chi connectivity index (χ3n) is 4.83. The van der Waals surface area contributed by atoms with Crippen LogP contribution in [0.15, 0.2) is 24.3 Å². The summed E-state index contributed by atoms with van der Waals surface area (Å²) in [5, 5.41) is 13.8.